The Morgan fingerprint density at radius 3 is 1.64 bits per heavy atom. The minimum Gasteiger partial charge on any atom is -0.171 e. The summed E-state index contributed by atoms with van der Waals surface area (Å²) in [5.74, 6) is 0. The molecule has 84 valence electrons. The van der Waals surface area contributed by atoms with Gasteiger partial charge in [-0.2, -0.15) is 11.1 Å². The third-order valence-electron chi connectivity index (χ3n) is 3.51. The van der Waals surface area contributed by atoms with Crippen molar-refractivity contribution in [2.24, 2.45) is 10.8 Å². The zero-order valence-corrected chi connectivity index (χ0v) is 12.7. The van der Waals surface area contributed by atoms with E-state index in [2.05, 4.69) is 47.2 Å². The minimum absolute atomic E-state index is 0.307. The van der Waals surface area contributed by atoms with Crippen LogP contribution < -0.4 is 0 Å². The van der Waals surface area contributed by atoms with Crippen molar-refractivity contribution >= 4 is 19.9 Å². The monoisotopic (exact) mass is 232 g/mol. The Labute approximate surface area is 96.6 Å². The quantitative estimate of drug-likeness (QED) is 0.495. The van der Waals surface area contributed by atoms with Crippen LogP contribution in [0.15, 0.2) is 11.3 Å². The Bertz CT molecular complexity index is 186. The topological polar surface area (TPSA) is 0 Å². The smallest absolute Gasteiger partial charge is 0.148 e. The lowest BCUT2D eigenvalue weighted by Crippen LogP contribution is -2.26. The van der Waals surface area contributed by atoms with E-state index in [0.717, 1.165) is 0 Å². The van der Waals surface area contributed by atoms with Gasteiger partial charge >= 0.3 is 0 Å². The van der Waals surface area contributed by atoms with Gasteiger partial charge in [0.05, 0.1) is 0 Å². The Balaban J connectivity index is 5.07. The van der Waals surface area contributed by atoms with Crippen LogP contribution in [0.5, 0.6) is 0 Å². The molecule has 0 aromatic carbocycles. The molecule has 0 aromatic heterocycles. The number of hydrogen-bond donors (Lipinski definition) is 0. The van der Waals surface area contributed by atoms with Crippen LogP contribution in [-0.2, 0) is 0 Å². The van der Waals surface area contributed by atoms with Gasteiger partial charge in [0.15, 0.2) is 0 Å². The van der Waals surface area contributed by atoms with Gasteiger partial charge in [0.25, 0.3) is 0 Å². The SMILES string of the molecule is CCC(C)(C)C(=C[SiH2]Cl)C(C)(C)CC. The lowest BCUT2D eigenvalue weighted by atomic mass is 9.68. The van der Waals surface area contributed by atoms with Crippen LogP contribution in [0.1, 0.15) is 54.4 Å². The number of rotatable bonds is 5. The molecule has 0 rings (SSSR count). The first-order chi connectivity index (χ1) is 6.31. The summed E-state index contributed by atoms with van der Waals surface area (Å²) in [5, 5.41) is 0. The first-order valence-corrected chi connectivity index (χ1v) is 8.54. The predicted molar refractivity (Wildman–Crippen MR) is 70.6 cm³/mol. The maximum atomic E-state index is 5.98. The Kier molecular flexibility index (Phi) is 5.46. The average molecular weight is 233 g/mol. The minimum atomic E-state index is -0.502. The van der Waals surface area contributed by atoms with E-state index in [1.807, 2.05) is 0 Å². The molecule has 0 nitrogen and oxygen atoms in total. The van der Waals surface area contributed by atoms with Gasteiger partial charge in [-0.15, -0.1) is 0 Å². The molecule has 0 amide bonds. The molecule has 0 saturated heterocycles. The Morgan fingerprint density at radius 2 is 1.43 bits per heavy atom. The van der Waals surface area contributed by atoms with Crippen molar-refractivity contribution in [1.29, 1.82) is 0 Å². The first-order valence-electron chi connectivity index (χ1n) is 5.59. The van der Waals surface area contributed by atoms with Crippen LogP contribution in [0.2, 0.25) is 0 Å². The van der Waals surface area contributed by atoms with E-state index in [1.54, 1.807) is 5.57 Å². The van der Waals surface area contributed by atoms with Crippen LogP contribution in [0.25, 0.3) is 0 Å². The number of allylic oxidation sites excluding steroid dienone is 1. The Hall–Kier alpha value is 0.247. The highest BCUT2D eigenvalue weighted by Gasteiger charge is 2.31. The zero-order chi connectivity index (χ0) is 11.4. The van der Waals surface area contributed by atoms with Crippen molar-refractivity contribution in [2.45, 2.75) is 54.4 Å². The zero-order valence-electron chi connectivity index (χ0n) is 10.6. The van der Waals surface area contributed by atoms with Gasteiger partial charge in [0, 0.05) is 0 Å². The fraction of sp³-hybridized carbons (Fsp3) is 0.833. The lowest BCUT2D eigenvalue weighted by Gasteiger charge is -2.38. The second-order valence-electron chi connectivity index (χ2n) is 5.25. The van der Waals surface area contributed by atoms with Crippen molar-refractivity contribution in [1.82, 2.24) is 0 Å². The van der Waals surface area contributed by atoms with Crippen LogP contribution >= 0.6 is 11.1 Å². The van der Waals surface area contributed by atoms with Crippen LogP contribution in [-0.4, -0.2) is 8.83 Å². The second-order valence-corrected chi connectivity index (χ2v) is 6.89. The molecule has 0 heterocycles. The van der Waals surface area contributed by atoms with Crippen LogP contribution in [0.4, 0.5) is 0 Å². The molecule has 0 N–H and O–H groups in total. The maximum Gasteiger partial charge on any atom is 0.148 e. The summed E-state index contributed by atoms with van der Waals surface area (Å²) in [7, 11) is -0.502. The van der Waals surface area contributed by atoms with E-state index in [4.69, 9.17) is 11.1 Å². The highest BCUT2D eigenvalue weighted by molar-refractivity contribution is 6.96. The van der Waals surface area contributed by atoms with Crippen molar-refractivity contribution in [2.75, 3.05) is 0 Å². The Morgan fingerprint density at radius 1 is 1.07 bits per heavy atom. The standard InChI is InChI=1S/C12H25ClSi/c1-7-11(3,4)10(9-14-13)12(5,6)8-2/h9H,7-8,14H2,1-6H3. The molecule has 0 aromatic rings. The van der Waals surface area contributed by atoms with Crippen molar-refractivity contribution in [3.8, 4) is 0 Å². The van der Waals surface area contributed by atoms with E-state index < -0.39 is 8.83 Å². The van der Waals surface area contributed by atoms with E-state index in [1.165, 1.54) is 12.8 Å². The van der Waals surface area contributed by atoms with Crippen molar-refractivity contribution < 1.29 is 0 Å². The third kappa shape index (κ3) is 3.43. The molecule has 0 atom stereocenters. The molecular weight excluding hydrogens is 208 g/mol. The van der Waals surface area contributed by atoms with E-state index in [-0.39, 0.29) is 0 Å². The summed E-state index contributed by atoms with van der Waals surface area (Å²) in [4.78, 5) is 0. The van der Waals surface area contributed by atoms with Gasteiger partial charge in [-0.3, -0.25) is 0 Å². The highest BCUT2D eigenvalue weighted by Crippen LogP contribution is 2.43. The number of hydrogen-bond acceptors (Lipinski definition) is 0. The van der Waals surface area contributed by atoms with E-state index >= 15 is 0 Å². The normalized spacial score (nSPS) is 13.6. The molecule has 0 spiro atoms. The molecule has 0 unspecified atom stereocenters. The molecule has 0 bridgehead atoms. The fourth-order valence-electron chi connectivity index (χ4n) is 1.93. The maximum absolute atomic E-state index is 5.98. The van der Waals surface area contributed by atoms with Crippen molar-refractivity contribution in [3.63, 3.8) is 0 Å². The van der Waals surface area contributed by atoms with Gasteiger partial charge in [0.2, 0.25) is 0 Å². The van der Waals surface area contributed by atoms with E-state index in [0.29, 0.717) is 10.8 Å². The van der Waals surface area contributed by atoms with Crippen LogP contribution in [0, 0.1) is 10.8 Å². The summed E-state index contributed by atoms with van der Waals surface area (Å²) in [5.41, 5.74) is 4.52. The van der Waals surface area contributed by atoms with Crippen LogP contribution in [0.3, 0.4) is 0 Å². The predicted octanol–water partition coefficient (Wildman–Crippen LogP) is 4.07. The highest BCUT2D eigenvalue weighted by atomic mass is 35.6. The van der Waals surface area contributed by atoms with Crippen molar-refractivity contribution in [3.05, 3.63) is 11.3 Å². The number of halogens is 1. The summed E-state index contributed by atoms with van der Waals surface area (Å²) in [6.45, 7) is 13.8. The average Bonchev–Trinajstić information content (AvgIpc) is 2.13. The van der Waals surface area contributed by atoms with Gasteiger partial charge in [-0.1, -0.05) is 52.8 Å². The largest absolute Gasteiger partial charge is 0.171 e. The molecular formula is C12H25ClSi. The second kappa shape index (κ2) is 5.36. The summed E-state index contributed by atoms with van der Waals surface area (Å²) in [6, 6.07) is 0. The summed E-state index contributed by atoms with van der Waals surface area (Å²) >= 11 is 5.98. The molecule has 0 aliphatic heterocycles. The summed E-state index contributed by atoms with van der Waals surface area (Å²) < 4.78 is 0. The molecule has 14 heavy (non-hydrogen) atoms. The molecule has 0 saturated carbocycles. The summed E-state index contributed by atoms with van der Waals surface area (Å²) in [6.07, 6.45) is 2.38. The third-order valence-corrected chi connectivity index (χ3v) is 4.53. The fourth-order valence-corrected chi connectivity index (χ4v) is 3.65. The van der Waals surface area contributed by atoms with Gasteiger partial charge < -0.3 is 0 Å². The molecule has 0 fully saturated rings. The first kappa shape index (κ1) is 14.2. The van der Waals surface area contributed by atoms with Gasteiger partial charge in [-0.25, -0.2) is 0 Å². The van der Waals surface area contributed by atoms with E-state index in [9.17, 15) is 0 Å². The molecule has 0 aliphatic carbocycles. The molecule has 2 heteroatoms. The van der Waals surface area contributed by atoms with Gasteiger partial charge in [0.1, 0.15) is 8.83 Å². The molecule has 0 aliphatic rings. The lowest BCUT2D eigenvalue weighted by molar-refractivity contribution is 0.300. The van der Waals surface area contributed by atoms with Gasteiger partial charge in [-0.05, 0) is 23.7 Å². The molecule has 0 radical (unpaired) electrons.